The van der Waals surface area contributed by atoms with Crippen LogP contribution in [0, 0.1) is 0 Å². The fraction of sp³-hybridized carbons (Fsp3) is 0.318. The van der Waals surface area contributed by atoms with Gasteiger partial charge in [-0.25, -0.2) is 4.79 Å². The molecule has 0 spiro atoms. The van der Waals surface area contributed by atoms with Crippen molar-refractivity contribution in [2.45, 2.75) is 36.0 Å². The summed E-state index contributed by atoms with van der Waals surface area (Å²) in [5, 5.41) is 3.56. The first-order valence-corrected chi connectivity index (χ1v) is 11.0. The van der Waals surface area contributed by atoms with Gasteiger partial charge < -0.3 is 10.2 Å². The average Bonchev–Trinajstić information content (AvgIpc) is 2.84. The monoisotopic (exact) mass is 443 g/mol. The number of hydrogen-bond acceptors (Lipinski definition) is 4. The Balaban J connectivity index is 1.58. The molecule has 2 aromatic carbocycles. The Morgan fingerprint density at radius 2 is 2.00 bits per heavy atom. The summed E-state index contributed by atoms with van der Waals surface area (Å²) in [5.74, 6) is -0.745. The predicted octanol–water partition coefficient (Wildman–Crippen LogP) is 4.02. The molecule has 2 aliphatic rings. The van der Waals surface area contributed by atoms with E-state index in [-0.39, 0.29) is 12.5 Å². The quantitative estimate of drug-likeness (QED) is 0.727. The molecule has 0 saturated carbocycles. The van der Waals surface area contributed by atoms with Crippen molar-refractivity contribution in [1.82, 2.24) is 10.2 Å². The van der Waals surface area contributed by atoms with Gasteiger partial charge in [0.2, 0.25) is 5.91 Å². The minimum absolute atomic E-state index is 0.281. The summed E-state index contributed by atoms with van der Waals surface area (Å²) in [6.45, 7) is 3.99. The Kier molecular flexibility index (Phi) is 5.51. The number of amides is 4. The number of anilines is 1. The van der Waals surface area contributed by atoms with Crippen LogP contribution in [0.25, 0.3) is 0 Å². The molecule has 0 aliphatic carbocycles. The molecule has 2 atom stereocenters. The van der Waals surface area contributed by atoms with Gasteiger partial charge >= 0.3 is 6.03 Å². The van der Waals surface area contributed by atoms with E-state index in [2.05, 4.69) is 12.2 Å². The van der Waals surface area contributed by atoms with Crippen molar-refractivity contribution < 1.29 is 14.4 Å². The molecule has 2 unspecified atom stereocenters. The predicted molar refractivity (Wildman–Crippen MR) is 118 cm³/mol. The SMILES string of the molecule is CC1CCN(C(=O)CN2C(=O)NC(C)(c3cccc(Cl)c3)C2=O)c2ccccc2S1. The van der Waals surface area contributed by atoms with Crippen LogP contribution < -0.4 is 10.2 Å². The zero-order valence-corrected chi connectivity index (χ0v) is 18.3. The van der Waals surface area contributed by atoms with Crippen LogP contribution in [0.5, 0.6) is 0 Å². The second-order valence-corrected chi connectivity index (χ2v) is 9.60. The molecular weight excluding hydrogens is 422 g/mol. The van der Waals surface area contributed by atoms with Gasteiger partial charge in [0.1, 0.15) is 12.1 Å². The van der Waals surface area contributed by atoms with Crippen LogP contribution in [0.1, 0.15) is 25.8 Å². The largest absolute Gasteiger partial charge is 0.325 e. The number of para-hydroxylation sites is 1. The Bertz CT molecular complexity index is 1030. The Morgan fingerprint density at radius 1 is 1.23 bits per heavy atom. The molecule has 2 aliphatic heterocycles. The summed E-state index contributed by atoms with van der Waals surface area (Å²) >= 11 is 7.80. The molecule has 4 rings (SSSR count). The summed E-state index contributed by atoms with van der Waals surface area (Å²) in [6.07, 6.45) is 0.825. The van der Waals surface area contributed by atoms with Crippen LogP contribution in [0.15, 0.2) is 53.4 Å². The molecule has 8 heteroatoms. The number of hydrogen-bond donors (Lipinski definition) is 1. The number of imide groups is 1. The molecule has 30 heavy (non-hydrogen) atoms. The summed E-state index contributed by atoms with van der Waals surface area (Å²) in [5.41, 5.74) is 0.138. The van der Waals surface area contributed by atoms with Crippen molar-refractivity contribution in [2.24, 2.45) is 0 Å². The van der Waals surface area contributed by atoms with Crippen LogP contribution in [0.4, 0.5) is 10.5 Å². The number of nitrogens with zero attached hydrogens (tertiary/aromatic N) is 2. The minimum atomic E-state index is -1.26. The highest BCUT2D eigenvalue weighted by atomic mass is 35.5. The van der Waals surface area contributed by atoms with Crippen molar-refractivity contribution in [3.8, 4) is 0 Å². The normalized spacial score (nSPS) is 23.8. The van der Waals surface area contributed by atoms with Gasteiger partial charge in [-0.15, -0.1) is 11.8 Å². The van der Waals surface area contributed by atoms with Gasteiger partial charge in [0.05, 0.1) is 5.69 Å². The highest BCUT2D eigenvalue weighted by Crippen LogP contribution is 2.37. The number of carbonyl (C=O) groups is 3. The maximum Gasteiger partial charge on any atom is 0.325 e. The van der Waals surface area contributed by atoms with E-state index in [1.165, 1.54) is 0 Å². The number of urea groups is 1. The van der Waals surface area contributed by atoms with Crippen LogP contribution in [-0.2, 0) is 15.1 Å². The molecular formula is C22H22ClN3O3S. The van der Waals surface area contributed by atoms with E-state index >= 15 is 0 Å². The topological polar surface area (TPSA) is 69.7 Å². The van der Waals surface area contributed by atoms with E-state index in [0.29, 0.717) is 22.4 Å². The molecule has 2 aromatic rings. The minimum Gasteiger partial charge on any atom is -0.319 e. The van der Waals surface area contributed by atoms with Crippen molar-refractivity contribution in [2.75, 3.05) is 18.0 Å². The summed E-state index contributed by atoms with van der Waals surface area (Å²) in [6, 6.07) is 14.0. The summed E-state index contributed by atoms with van der Waals surface area (Å²) in [7, 11) is 0. The van der Waals surface area contributed by atoms with Gasteiger partial charge in [-0.2, -0.15) is 0 Å². The molecule has 0 aromatic heterocycles. The van der Waals surface area contributed by atoms with E-state index in [9.17, 15) is 14.4 Å². The zero-order valence-electron chi connectivity index (χ0n) is 16.7. The number of nitrogens with one attached hydrogen (secondary N) is 1. The number of halogens is 1. The van der Waals surface area contributed by atoms with Gasteiger partial charge in [-0.05, 0) is 43.2 Å². The lowest BCUT2D eigenvalue weighted by Gasteiger charge is -2.25. The van der Waals surface area contributed by atoms with Gasteiger partial charge in [0, 0.05) is 21.7 Å². The smallest absolute Gasteiger partial charge is 0.319 e. The lowest BCUT2D eigenvalue weighted by Crippen LogP contribution is -2.45. The second kappa shape index (κ2) is 7.96. The second-order valence-electron chi connectivity index (χ2n) is 7.69. The molecule has 1 saturated heterocycles. The molecule has 0 radical (unpaired) electrons. The summed E-state index contributed by atoms with van der Waals surface area (Å²) in [4.78, 5) is 42.7. The molecule has 2 heterocycles. The molecule has 1 N–H and O–H groups in total. The zero-order chi connectivity index (χ0) is 21.5. The van der Waals surface area contributed by atoms with Gasteiger partial charge in [0.15, 0.2) is 0 Å². The average molecular weight is 444 g/mol. The lowest BCUT2D eigenvalue weighted by atomic mass is 9.92. The van der Waals surface area contributed by atoms with E-state index in [1.807, 2.05) is 24.3 Å². The molecule has 1 fully saturated rings. The molecule has 0 bridgehead atoms. The van der Waals surface area contributed by atoms with Crippen molar-refractivity contribution in [3.63, 3.8) is 0 Å². The Hall–Kier alpha value is -2.51. The third-order valence-corrected chi connectivity index (χ3v) is 6.99. The van der Waals surface area contributed by atoms with Gasteiger partial charge in [-0.3, -0.25) is 14.5 Å². The number of rotatable bonds is 3. The van der Waals surface area contributed by atoms with E-state index in [4.69, 9.17) is 11.6 Å². The first kappa shape index (κ1) is 20.8. The van der Waals surface area contributed by atoms with Crippen molar-refractivity contribution in [3.05, 3.63) is 59.1 Å². The van der Waals surface area contributed by atoms with Crippen molar-refractivity contribution in [1.29, 1.82) is 0 Å². The molecule has 4 amide bonds. The summed E-state index contributed by atoms with van der Waals surface area (Å²) < 4.78 is 0. The first-order chi connectivity index (χ1) is 14.3. The van der Waals surface area contributed by atoms with E-state index in [1.54, 1.807) is 47.9 Å². The highest BCUT2D eigenvalue weighted by Gasteiger charge is 2.50. The maximum absolute atomic E-state index is 13.2. The van der Waals surface area contributed by atoms with Crippen LogP contribution >= 0.6 is 23.4 Å². The highest BCUT2D eigenvalue weighted by molar-refractivity contribution is 8.00. The van der Waals surface area contributed by atoms with Gasteiger partial charge in [0.25, 0.3) is 5.91 Å². The third kappa shape index (κ3) is 3.68. The number of thioether (sulfide) groups is 1. The maximum atomic E-state index is 13.2. The third-order valence-electron chi connectivity index (χ3n) is 5.51. The van der Waals surface area contributed by atoms with Crippen molar-refractivity contribution >= 4 is 46.9 Å². The van der Waals surface area contributed by atoms with E-state index in [0.717, 1.165) is 21.9 Å². The molecule has 156 valence electrons. The number of fused-ring (bicyclic) bond motifs is 1. The number of benzene rings is 2. The van der Waals surface area contributed by atoms with Crippen LogP contribution in [0.2, 0.25) is 5.02 Å². The number of carbonyl (C=O) groups excluding carboxylic acids is 3. The standard InChI is InChI=1S/C22H22ClN3O3S/c1-14-10-11-25(17-8-3-4-9-18(17)30-14)19(27)13-26-20(28)22(2,24-21(26)29)15-6-5-7-16(23)12-15/h3-9,12,14H,10-11,13H2,1-2H3,(H,24,29). The van der Waals surface area contributed by atoms with Gasteiger partial charge in [-0.1, -0.05) is 42.8 Å². The Labute approximate surface area is 184 Å². The fourth-order valence-corrected chi connectivity index (χ4v) is 5.11. The first-order valence-electron chi connectivity index (χ1n) is 9.76. The fourth-order valence-electron chi connectivity index (χ4n) is 3.80. The lowest BCUT2D eigenvalue weighted by molar-refractivity contribution is -0.134. The van der Waals surface area contributed by atoms with Crippen LogP contribution in [-0.4, -0.2) is 41.1 Å². The Morgan fingerprint density at radius 3 is 2.77 bits per heavy atom. The molecule has 6 nitrogen and oxygen atoms in total. The van der Waals surface area contributed by atoms with E-state index < -0.39 is 17.5 Å². The van der Waals surface area contributed by atoms with Crippen LogP contribution in [0.3, 0.4) is 0 Å².